The van der Waals surface area contributed by atoms with Crippen molar-refractivity contribution in [3.63, 3.8) is 0 Å². The number of ether oxygens (including phenoxy) is 1. The van der Waals surface area contributed by atoms with Crippen LogP contribution in [-0.4, -0.2) is 18.7 Å². The van der Waals surface area contributed by atoms with Crippen molar-refractivity contribution in [2.24, 2.45) is 0 Å². The van der Waals surface area contributed by atoms with Crippen LogP contribution in [0.25, 0.3) is 0 Å². The summed E-state index contributed by atoms with van der Waals surface area (Å²) in [5, 5.41) is 0. The van der Waals surface area contributed by atoms with Crippen LogP contribution >= 0.6 is 0 Å². The van der Waals surface area contributed by atoms with Crippen molar-refractivity contribution in [2.45, 2.75) is 25.9 Å². The van der Waals surface area contributed by atoms with Crippen molar-refractivity contribution in [2.75, 3.05) is 11.4 Å². The molecule has 1 atom stereocenters. The van der Waals surface area contributed by atoms with Crippen molar-refractivity contribution in [3.8, 4) is 0 Å². The highest BCUT2D eigenvalue weighted by Crippen LogP contribution is 2.23. The molecule has 0 bridgehead atoms. The van der Waals surface area contributed by atoms with Crippen molar-refractivity contribution in [1.82, 2.24) is 0 Å². The summed E-state index contributed by atoms with van der Waals surface area (Å²) >= 11 is 0. The zero-order chi connectivity index (χ0) is 11.5. The molecule has 1 aromatic carbocycles. The minimum Gasteiger partial charge on any atom is -0.444 e. The average molecular weight is 223 g/mol. The molecule has 0 radical (unpaired) electrons. The number of benzene rings is 1. The molecule has 1 aliphatic rings. The molecule has 1 aromatic rings. The van der Waals surface area contributed by atoms with E-state index in [1.54, 1.807) is 17.0 Å². The van der Waals surface area contributed by atoms with E-state index in [4.69, 9.17) is 4.74 Å². The quantitative estimate of drug-likeness (QED) is 0.788. The molecule has 4 heteroatoms. The molecular formula is C12H14FNO2. The van der Waals surface area contributed by atoms with E-state index in [2.05, 4.69) is 0 Å². The van der Waals surface area contributed by atoms with Crippen molar-refractivity contribution < 1.29 is 13.9 Å². The van der Waals surface area contributed by atoms with Crippen LogP contribution in [0, 0.1) is 5.82 Å². The number of nitrogens with zero attached hydrogens (tertiary/aromatic N) is 1. The summed E-state index contributed by atoms with van der Waals surface area (Å²) in [7, 11) is 0. The summed E-state index contributed by atoms with van der Waals surface area (Å²) < 4.78 is 17.9. The fourth-order valence-electron chi connectivity index (χ4n) is 1.83. The van der Waals surface area contributed by atoms with E-state index in [0.717, 1.165) is 12.8 Å². The van der Waals surface area contributed by atoms with Gasteiger partial charge in [0, 0.05) is 5.69 Å². The second kappa shape index (κ2) is 4.51. The molecule has 3 nitrogen and oxygen atoms in total. The lowest BCUT2D eigenvalue weighted by atomic mass is 10.2. The lowest BCUT2D eigenvalue weighted by molar-refractivity contribution is 0.136. The summed E-state index contributed by atoms with van der Waals surface area (Å²) in [6.07, 6.45) is 1.46. The zero-order valence-electron chi connectivity index (χ0n) is 9.15. The molecule has 1 saturated heterocycles. The third-order valence-electron chi connectivity index (χ3n) is 2.62. The number of carbonyl (C=O) groups excluding carboxylic acids is 1. The van der Waals surface area contributed by atoms with Crippen LogP contribution in [0.5, 0.6) is 0 Å². The average Bonchev–Trinajstić information content (AvgIpc) is 2.61. The lowest BCUT2D eigenvalue weighted by Gasteiger charge is -2.12. The predicted octanol–water partition coefficient (Wildman–Crippen LogP) is 2.95. The number of anilines is 1. The van der Waals surface area contributed by atoms with Crippen LogP contribution in [0.3, 0.4) is 0 Å². The van der Waals surface area contributed by atoms with Crippen LogP contribution < -0.4 is 4.90 Å². The minimum absolute atomic E-state index is 0.0393. The number of hydrogen-bond acceptors (Lipinski definition) is 2. The van der Waals surface area contributed by atoms with Gasteiger partial charge in [-0.25, -0.2) is 9.18 Å². The molecule has 16 heavy (non-hydrogen) atoms. The number of halogens is 1. The Labute approximate surface area is 93.8 Å². The molecule has 2 rings (SSSR count). The van der Waals surface area contributed by atoms with Gasteiger partial charge in [0.1, 0.15) is 11.9 Å². The Bertz CT molecular complexity index is 377. The van der Waals surface area contributed by atoms with Crippen LogP contribution in [0.15, 0.2) is 24.3 Å². The SMILES string of the molecule is CCC[C@H]1CN(c2ccc(F)cc2)C(=O)O1. The van der Waals surface area contributed by atoms with E-state index in [1.165, 1.54) is 12.1 Å². The van der Waals surface area contributed by atoms with E-state index in [0.29, 0.717) is 12.2 Å². The summed E-state index contributed by atoms with van der Waals surface area (Å²) in [6.45, 7) is 2.60. The molecule has 86 valence electrons. The molecule has 0 aliphatic carbocycles. The van der Waals surface area contributed by atoms with Gasteiger partial charge in [0.25, 0.3) is 0 Å². The fourth-order valence-corrected chi connectivity index (χ4v) is 1.83. The number of carbonyl (C=O) groups is 1. The highest BCUT2D eigenvalue weighted by atomic mass is 19.1. The van der Waals surface area contributed by atoms with Gasteiger partial charge >= 0.3 is 6.09 Å². The summed E-state index contributed by atoms with van der Waals surface area (Å²) in [5.41, 5.74) is 0.685. The highest BCUT2D eigenvalue weighted by molar-refractivity contribution is 5.89. The molecule has 1 fully saturated rings. The molecule has 1 heterocycles. The molecule has 0 spiro atoms. The predicted molar refractivity (Wildman–Crippen MR) is 58.9 cm³/mol. The Morgan fingerprint density at radius 3 is 2.75 bits per heavy atom. The fraction of sp³-hybridized carbons (Fsp3) is 0.417. The first-order valence-corrected chi connectivity index (χ1v) is 5.44. The minimum atomic E-state index is -0.343. The molecular weight excluding hydrogens is 209 g/mol. The lowest BCUT2D eigenvalue weighted by Crippen LogP contribution is -2.24. The molecule has 0 unspecified atom stereocenters. The van der Waals surface area contributed by atoms with E-state index in [1.807, 2.05) is 6.92 Å². The normalized spacial score (nSPS) is 20.0. The van der Waals surface area contributed by atoms with Crippen LogP contribution in [-0.2, 0) is 4.74 Å². The molecule has 0 saturated carbocycles. The van der Waals surface area contributed by atoms with Crippen LogP contribution in [0.4, 0.5) is 14.9 Å². The first kappa shape index (κ1) is 10.9. The van der Waals surface area contributed by atoms with Gasteiger partial charge in [0.15, 0.2) is 0 Å². The zero-order valence-corrected chi connectivity index (χ0v) is 9.15. The molecule has 1 aliphatic heterocycles. The maximum absolute atomic E-state index is 12.7. The third-order valence-corrected chi connectivity index (χ3v) is 2.62. The van der Waals surface area contributed by atoms with Gasteiger partial charge in [0.05, 0.1) is 6.54 Å². The standard InChI is InChI=1S/C12H14FNO2/c1-2-3-11-8-14(12(15)16-11)10-6-4-9(13)5-7-10/h4-7,11H,2-3,8H2,1H3/t11-/m0/s1. The summed E-state index contributed by atoms with van der Waals surface area (Å²) in [6, 6.07) is 5.86. The second-order valence-corrected chi connectivity index (χ2v) is 3.88. The summed E-state index contributed by atoms with van der Waals surface area (Å²) in [5.74, 6) is -0.304. The Hall–Kier alpha value is -1.58. The Morgan fingerprint density at radius 2 is 2.12 bits per heavy atom. The third kappa shape index (κ3) is 2.15. The van der Waals surface area contributed by atoms with E-state index in [9.17, 15) is 9.18 Å². The van der Waals surface area contributed by atoms with Crippen molar-refractivity contribution >= 4 is 11.8 Å². The number of cyclic esters (lactones) is 1. The van der Waals surface area contributed by atoms with Crippen molar-refractivity contribution in [1.29, 1.82) is 0 Å². The second-order valence-electron chi connectivity index (χ2n) is 3.88. The number of rotatable bonds is 3. The molecule has 0 N–H and O–H groups in total. The smallest absolute Gasteiger partial charge is 0.414 e. The summed E-state index contributed by atoms with van der Waals surface area (Å²) in [4.78, 5) is 13.1. The number of hydrogen-bond donors (Lipinski definition) is 0. The first-order valence-electron chi connectivity index (χ1n) is 5.44. The van der Waals surface area contributed by atoms with Crippen LogP contribution in [0.1, 0.15) is 19.8 Å². The first-order chi connectivity index (χ1) is 7.70. The van der Waals surface area contributed by atoms with Gasteiger partial charge in [-0.3, -0.25) is 4.90 Å². The largest absolute Gasteiger partial charge is 0.444 e. The highest BCUT2D eigenvalue weighted by Gasteiger charge is 2.31. The van der Waals surface area contributed by atoms with Crippen LogP contribution in [0.2, 0.25) is 0 Å². The Balaban J connectivity index is 2.10. The molecule has 0 aromatic heterocycles. The molecule has 1 amide bonds. The maximum atomic E-state index is 12.7. The van der Waals surface area contributed by atoms with Gasteiger partial charge in [-0.1, -0.05) is 13.3 Å². The van der Waals surface area contributed by atoms with Gasteiger partial charge in [-0.15, -0.1) is 0 Å². The topological polar surface area (TPSA) is 29.5 Å². The van der Waals surface area contributed by atoms with Crippen molar-refractivity contribution in [3.05, 3.63) is 30.1 Å². The van der Waals surface area contributed by atoms with Gasteiger partial charge < -0.3 is 4.74 Å². The van der Waals surface area contributed by atoms with Gasteiger partial charge in [0.2, 0.25) is 0 Å². The van der Waals surface area contributed by atoms with Gasteiger partial charge in [-0.05, 0) is 30.7 Å². The maximum Gasteiger partial charge on any atom is 0.414 e. The van der Waals surface area contributed by atoms with E-state index >= 15 is 0 Å². The van der Waals surface area contributed by atoms with E-state index < -0.39 is 0 Å². The Morgan fingerprint density at radius 1 is 1.44 bits per heavy atom. The number of amides is 1. The van der Waals surface area contributed by atoms with Gasteiger partial charge in [-0.2, -0.15) is 0 Å². The van der Waals surface area contributed by atoms with E-state index in [-0.39, 0.29) is 18.0 Å². The monoisotopic (exact) mass is 223 g/mol. The Kier molecular flexibility index (Phi) is 3.08.